The molecule has 2 aromatic heterocycles. The molecule has 1 aliphatic rings. The summed E-state index contributed by atoms with van der Waals surface area (Å²) in [6.45, 7) is 4.89. The minimum absolute atomic E-state index is 0.0889. The van der Waals surface area contributed by atoms with Crippen LogP contribution in [0.15, 0.2) is 66.3 Å². The summed E-state index contributed by atoms with van der Waals surface area (Å²) in [6, 6.07) is 11.8. The first-order valence-electron chi connectivity index (χ1n) is 12.3. The molecule has 2 N–H and O–H groups in total. The van der Waals surface area contributed by atoms with Crippen molar-refractivity contribution in [2.75, 3.05) is 25.1 Å². The second kappa shape index (κ2) is 10.7. The van der Waals surface area contributed by atoms with Crippen molar-refractivity contribution in [3.63, 3.8) is 0 Å². The van der Waals surface area contributed by atoms with Gasteiger partial charge in [0.2, 0.25) is 5.91 Å². The number of halogens is 1. The van der Waals surface area contributed by atoms with Crippen molar-refractivity contribution >= 4 is 44.2 Å². The van der Waals surface area contributed by atoms with E-state index < -0.39 is 9.84 Å². The van der Waals surface area contributed by atoms with Gasteiger partial charge in [-0.25, -0.2) is 23.1 Å². The van der Waals surface area contributed by atoms with Crippen LogP contribution >= 0.6 is 11.6 Å². The number of anilines is 1. The van der Waals surface area contributed by atoms with E-state index in [1.165, 1.54) is 12.4 Å². The number of piperidine rings is 1. The molecule has 0 unspecified atom stereocenters. The molecule has 39 heavy (non-hydrogen) atoms. The average Bonchev–Trinajstić information content (AvgIpc) is 3.33. The molecule has 1 saturated heterocycles. The molecule has 2 aromatic carbocycles. The van der Waals surface area contributed by atoms with Crippen LogP contribution < -0.4 is 10.5 Å². The molecule has 12 heteroatoms. The topological polar surface area (TPSA) is 133 Å². The maximum atomic E-state index is 12.2. The standard InChI is InChI=1S/C27H27ClN6O4S/c1-3-23(35)33-11-5-7-19(14-33)34-27-24(26(29)30-16-31-27)25(32-34)18-9-10-22(21(28)13-18)38-15-17-6-4-8-20(12-17)39(2,36)37/h3-4,6,8-10,12-13,16,19H,1,5,7,11,14-15H2,2H3,(H2,29,30,31)/t19-/m1/s1. The van der Waals surface area contributed by atoms with E-state index in [1.54, 1.807) is 41.3 Å². The van der Waals surface area contributed by atoms with Crippen LogP contribution in [0.5, 0.6) is 5.75 Å². The maximum absolute atomic E-state index is 12.2. The monoisotopic (exact) mass is 566 g/mol. The molecule has 202 valence electrons. The molecule has 0 radical (unpaired) electrons. The molecule has 1 amide bonds. The van der Waals surface area contributed by atoms with Gasteiger partial charge >= 0.3 is 0 Å². The smallest absolute Gasteiger partial charge is 0.246 e. The molecule has 1 aliphatic heterocycles. The molecule has 0 aliphatic carbocycles. The molecule has 10 nitrogen and oxygen atoms in total. The Morgan fingerprint density at radius 3 is 2.82 bits per heavy atom. The third-order valence-corrected chi connectivity index (χ3v) is 8.08. The summed E-state index contributed by atoms with van der Waals surface area (Å²) in [4.78, 5) is 22.9. The molecule has 5 rings (SSSR count). The lowest BCUT2D eigenvalue weighted by Crippen LogP contribution is -2.40. The second-order valence-electron chi connectivity index (χ2n) is 9.39. The zero-order chi connectivity index (χ0) is 27.7. The first-order chi connectivity index (χ1) is 18.7. The maximum Gasteiger partial charge on any atom is 0.246 e. The van der Waals surface area contributed by atoms with Crippen molar-refractivity contribution in [1.29, 1.82) is 0 Å². The summed E-state index contributed by atoms with van der Waals surface area (Å²) < 4.78 is 31.4. The highest BCUT2D eigenvalue weighted by atomic mass is 35.5. The number of nitrogens with zero attached hydrogens (tertiary/aromatic N) is 5. The number of amides is 1. The van der Waals surface area contributed by atoms with Crippen molar-refractivity contribution in [3.8, 4) is 17.0 Å². The van der Waals surface area contributed by atoms with E-state index in [9.17, 15) is 13.2 Å². The predicted molar refractivity (Wildman–Crippen MR) is 149 cm³/mol. The third kappa shape index (κ3) is 5.45. The number of nitrogen functional groups attached to an aromatic ring is 1. The third-order valence-electron chi connectivity index (χ3n) is 6.67. The zero-order valence-electron chi connectivity index (χ0n) is 21.2. The van der Waals surface area contributed by atoms with Gasteiger partial charge in [0, 0.05) is 24.9 Å². The van der Waals surface area contributed by atoms with Crippen LogP contribution in [0.2, 0.25) is 5.02 Å². The lowest BCUT2D eigenvalue weighted by molar-refractivity contribution is -0.127. The van der Waals surface area contributed by atoms with Crippen LogP contribution in [0.4, 0.5) is 5.82 Å². The van der Waals surface area contributed by atoms with E-state index in [4.69, 9.17) is 27.2 Å². The van der Waals surface area contributed by atoms with E-state index in [0.29, 0.717) is 57.5 Å². The molecule has 4 aromatic rings. The predicted octanol–water partition coefficient (Wildman–Crippen LogP) is 4.06. The Balaban J connectivity index is 1.44. The number of fused-ring (bicyclic) bond motifs is 1. The van der Waals surface area contributed by atoms with Crippen molar-refractivity contribution < 1.29 is 17.9 Å². The number of benzene rings is 2. The molecular formula is C27H27ClN6O4S. The normalized spacial score (nSPS) is 15.8. The largest absolute Gasteiger partial charge is 0.487 e. The Labute approximate surface area is 231 Å². The molecule has 3 heterocycles. The quantitative estimate of drug-likeness (QED) is 0.331. The van der Waals surface area contributed by atoms with Gasteiger partial charge in [-0.05, 0) is 54.8 Å². The van der Waals surface area contributed by atoms with E-state index in [2.05, 4.69) is 16.5 Å². The van der Waals surface area contributed by atoms with Gasteiger partial charge in [-0.2, -0.15) is 5.10 Å². The van der Waals surface area contributed by atoms with E-state index in [0.717, 1.165) is 19.1 Å². The highest BCUT2D eigenvalue weighted by Crippen LogP contribution is 2.37. The molecule has 0 saturated carbocycles. The van der Waals surface area contributed by atoms with Gasteiger partial charge in [0.25, 0.3) is 0 Å². The number of hydrogen-bond acceptors (Lipinski definition) is 8. The van der Waals surface area contributed by atoms with Gasteiger partial charge in [0.15, 0.2) is 15.5 Å². The molecule has 1 fully saturated rings. The summed E-state index contributed by atoms with van der Waals surface area (Å²) in [6.07, 6.45) is 5.54. The number of rotatable bonds is 7. The fourth-order valence-electron chi connectivity index (χ4n) is 4.73. The fourth-order valence-corrected chi connectivity index (χ4v) is 5.65. The van der Waals surface area contributed by atoms with Crippen LogP contribution in [0.3, 0.4) is 0 Å². The number of sulfone groups is 1. The first kappa shape index (κ1) is 26.6. The molecule has 0 bridgehead atoms. The van der Waals surface area contributed by atoms with Crippen molar-refractivity contribution in [3.05, 3.63) is 72.0 Å². The van der Waals surface area contributed by atoms with Crippen LogP contribution in [0.1, 0.15) is 24.4 Å². The Kier molecular flexibility index (Phi) is 7.28. The molecular weight excluding hydrogens is 540 g/mol. The number of carbonyl (C=O) groups excluding carboxylic acids is 1. The average molecular weight is 567 g/mol. The number of carbonyl (C=O) groups is 1. The number of likely N-dealkylation sites (tertiary alicyclic amines) is 1. The molecule has 1 atom stereocenters. The number of aromatic nitrogens is 4. The van der Waals surface area contributed by atoms with E-state index in [-0.39, 0.29) is 23.5 Å². The van der Waals surface area contributed by atoms with Crippen molar-refractivity contribution in [2.45, 2.75) is 30.4 Å². The van der Waals surface area contributed by atoms with Gasteiger partial charge in [-0.1, -0.05) is 30.3 Å². The van der Waals surface area contributed by atoms with Gasteiger partial charge in [-0.3, -0.25) is 4.79 Å². The SMILES string of the molecule is C=CC(=O)N1CCC[C@@H](n2nc(-c3ccc(OCc4cccc(S(C)(=O)=O)c4)c(Cl)c3)c3c(N)ncnc32)C1. The van der Waals surface area contributed by atoms with Crippen LogP contribution in [0, 0.1) is 0 Å². The summed E-state index contributed by atoms with van der Waals surface area (Å²) in [7, 11) is -3.32. The molecule has 0 spiro atoms. The Bertz CT molecular complexity index is 1690. The van der Waals surface area contributed by atoms with Gasteiger partial charge in [0.05, 0.1) is 21.3 Å². The van der Waals surface area contributed by atoms with Crippen molar-refractivity contribution in [1.82, 2.24) is 24.6 Å². The first-order valence-corrected chi connectivity index (χ1v) is 14.5. The highest BCUT2D eigenvalue weighted by Gasteiger charge is 2.28. The number of ether oxygens (including phenoxy) is 1. The van der Waals surface area contributed by atoms with Crippen LogP contribution in [-0.2, 0) is 21.2 Å². The minimum atomic E-state index is -3.32. The highest BCUT2D eigenvalue weighted by molar-refractivity contribution is 7.90. The van der Waals surface area contributed by atoms with Crippen molar-refractivity contribution in [2.24, 2.45) is 0 Å². The Hall–Kier alpha value is -3.96. The van der Waals surface area contributed by atoms with Gasteiger partial charge < -0.3 is 15.4 Å². The van der Waals surface area contributed by atoms with Gasteiger partial charge in [-0.15, -0.1) is 0 Å². The van der Waals surface area contributed by atoms with Gasteiger partial charge in [0.1, 0.15) is 30.2 Å². The van der Waals surface area contributed by atoms with Crippen LogP contribution in [0.25, 0.3) is 22.3 Å². The Morgan fingerprint density at radius 1 is 1.26 bits per heavy atom. The van der Waals surface area contributed by atoms with E-state index >= 15 is 0 Å². The summed E-state index contributed by atoms with van der Waals surface area (Å²) in [5.41, 5.74) is 8.83. The second-order valence-corrected chi connectivity index (χ2v) is 11.8. The summed E-state index contributed by atoms with van der Waals surface area (Å²) >= 11 is 6.59. The number of hydrogen-bond donors (Lipinski definition) is 1. The Morgan fingerprint density at radius 2 is 2.08 bits per heavy atom. The lowest BCUT2D eigenvalue weighted by Gasteiger charge is -2.32. The summed E-state index contributed by atoms with van der Waals surface area (Å²) in [5, 5.41) is 5.83. The number of nitrogens with two attached hydrogens (primary N) is 1. The zero-order valence-corrected chi connectivity index (χ0v) is 22.8. The fraction of sp³-hybridized carbons (Fsp3) is 0.259. The van der Waals surface area contributed by atoms with Crippen LogP contribution in [-0.4, -0.2) is 58.3 Å². The summed E-state index contributed by atoms with van der Waals surface area (Å²) in [5.74, 6) is 0.609. The van der Waals surface area contributed by atoms with E-state index in [1.807, 2.05) is 10.7 Å². The lowest BCUT2D eigenvalue weighted by atomic mass is 10.1. The minimum Gasteiger partial charge on any atom is -0.487 e.